The van der Waals surface area contributed by atoms with Crippen molar-refractivity contribution in [1.29, 1.82) is 5.26 Å². The van der Waals surface area contributed by atoms with Crippen molar-refractivity contribution in [2.75, 3.05) is 5.32 Å². The van der Waals surface area contributed by atoms with Crippen molar-refractivity contribution < 1.29 is 0 Å². The average molecular weight is 300 g/mol. The van der Waals surface area contributed by atoms with Crippen LogP contribution in [0.5, 0.6) is 0 Å². The Morgan fingerprint density at radius 3 is 2.90 bits per heavy atom. The summed E-state index contributed by atoms with van der Waals surface area (Å²) in [5, 5.41) is 13.8. The predicted octanol–water partition coefficient (Wildman–Crippen LogP) is 4.87. The van der Waals surface area contributed by atoms with E-state index in [0.29, 0.717) is 10.6 Å². The van der Waals surface area contributed by atoms with Gasteiger partial charge in [-0.1, -0.05) is 29.0 Å². The zero-order valence-electron chi connectivity index (χ0n) is 10.6. The lowest BCUT2D eigenvalue weighted by molar-refractivity contribution is 1.39. The summed E-state index contributed by atoms with van der Waals surface area (Å²) in [7, 11) is 0. The molecule has 0 amide bonds. The minimum Gasteiger partial charge on any atom is -0.330 e. The van der Waals surface area contributed by atoms with E-state index in [-0.39, 0.29) is 0 Å². The molecule has 0 radical (unpaired) electrons. The second-order valence-electron chi connectivity index (χ2n) is 4.42. The van der Waals surface area contributed by atoms with Gasteiger partial charge < -0.3 is 5.32 Å². The Bertz CT molecular complexity index is 833. The molecular weight excluding hydrogens is 290 g/mol. The van der Waals surface area contributed by atoms with Crippen LogP contribution in [0.1, 0.15) is 11.1 Å². The maximum Gasteiger partial charge on any atom is 0.188 e. The molecule has 0 aliphatic heterocycles. The van der Waals surface area contributed by atoms with Gasteiger partial charge in [0, 0.05) is 5.02 Å². The molecular formula is C15H10ClN3S. The van der Waals surface area contributed by atoms with Crippen LogP contribution in [0, 0.1) is 18.3 Å². The predicted molar refractivity (Wildman–Crippen MR) is 83.8 cm³/mol. The molecule has 0 saturated carbocycles. The maximum absolute atomic E-state index is 9.17. The number of rotatable bonds is 2. The highest BCUT2D eigenvalue weighted by Crippen LogP contribution is 2.31. The first-order chi connectivity index (χ1) is 9.65. The van der Waals surface area contributed by atoms with Crippen LogP contribution in [0.25, 0.3) is 10.2 Å². The topological polar surface area (TPSA) is 48.7 Å². The van der Waals surface area contributed by atoms with E-state index in [4.69, 9.17) is 11.6 Å². The van der Waals surface area contributed by atoms with Crippen LogP contribution in [-0.2, 0) is 0 Å². The fourth-order valence-corrected chi connectivity index (χ4v) is 3.08. The van der Waals surface area contributed by atoms with Crippen molar-refractivity contribution in [3.8, 4) is 6.07 Å². The average Bonchev–Trinajstić information content (AvgIpc) is 2.82. The molecule has 0 atom stereocenters. The maximum atomic E-state index is 9.17. The number of aromatic nitrogens is 1. The molecule has 3 aromatic rings. The van der Waals surface area contributed by atoms with E-state index in [1.165, 1.54) is 11.3 Å². The van der Waals surface area contributed by atoms with Crippen molar-refractivity contribution >= 4 is 44.0 Å². The Labute approximate surface area is 125 Å². The first-order valence-corrected chi connectivity index (χ1v) is 7.19. The molecule has 2 aromatic carbocycles. The van der Waals surface area contributed by atoms with Crippen LogP contribution in [-0.4, -0.2) is 4.98 Å². The Balaban J connectivity index is 1.99. The Morgan fingerprint density at radius 1 is 1.25 bits per heavy atom. The molecule has 0 fully saturated rings. The van der Waals surface area contributed by atoms with Gasteiger partial charge in [0.15, 0.2) is 5.13 Å². The van der Waals surface area contributed by atoms with Crippen molar-refractivity contribution in [3.63, 3.8) is 0 Å². The third kappa shape index (κ3) is 2.46. The van der Waals surface area contributed by atoms with Gasteiger partial charge >= 0.3 is 0 Å². The molecule has 3 nitrogen and oxygen atoms in total. The SMILES string of the molecule is Cc1ccc(Nc2nc3ccc(Cl)cc3s2)c(C#N)c1. The van der Waals surface area contributed by atoms with Crippen molar-refractivity contribution in [2.45, 2.75) is 6.92 Å². The van der Waals surface area contributed by atoms with E-state index in [9.17, 15) is 5.26 Å². The van der Waals surface area contributed by atoms with Crippen molar-refractivity contribution in [3.05, 3.63) is 52.5 Å². The largest absolute Gasteiger partial charge is 0.330 e. The Kier molecular flexibility index (Phi) is 3.31. The monoisotopic (exact) mass is 299 g/mol. The summed E-state index contributed by atoms with van der Waals surface area (Å²) >= 11 is 7.48. The second-order valence-corrected chi connectivity index (χ2v) is 5.88. The number of halogens is 1. The lowest BCUT2D eigenvalue weighted by Gasteiger charge is -2.05. The Hall–Kier alpha value is -2.09. The molecule has 20 heavy (non-hydrogen) atoms. The summed E-state index contributed by atoms with van der Waals surface area (Å²) in [6.07, 6.45) is 0. The number of fused-ring (bicyclic) bond motifs is 1. The summed E-state index contributed by atoms with van der Waals surface area (Å²) in [6, 6.07) is 13.5. The van der Waals surface area contributed by atoms with Crippen LogP contribution in [0.2, 0.25) is 5.02 Å². The van der Waals surface area contributed by atoms with Gasteiger partial charge in [-0.25, -0.2) is 4.98 Å². The van der Waals surface area contributed by atoms with Gasteiger partial charge in [0.25, 0.3) is 0 Å². The van der Waals surface area contributed by atoms with E-state index >= 15 is 0 Å². The minimum absolute atomic E-state index is 0.613. The third-order valence-corrected chi connectivity index (χ3v) is 4.06. The van der Waals surface area contributed by atoms with E-state index < -0.39 is 0 Å². The highest BCUT2D eigenvalue weighted by Gasteiger charge is 2.07. The number of aryl methyl sites for hydroxylation is 1. The van der Waals surface area contributed by atoms with Crippen LogP contribution >= 0.6 is 22.9 Å². The fraction of sp³-hybridized carbons (Fsp3) is 0.0667. The highest BCUT2D eigenvalue weighted by atomic mass is 35.5. The standard InChI is InChI=1S/C15H10ClN3S/c1-9-2-4-12(10(6-9)8-17)18-15-19-13-5-3-11(16)7-14(13)20-15/h2-7H,1H3,(H,18,19). The van der Waals surface area contributed by atoms with E-state index in [0.717, 1.165) is 26.6 Å². The number of hydrogen-bond acceptors (Lipinski definition) is 4. The van der Waals surface area contributed by atoms with Crippen LogP contribution < -0.4 is 5.32 Å². The van der Waals surface area contributed by atoms with Gasteiger partial charge in [0.2, 0.25) is 0 Å². The molecule has 0 bridgehead atoms. The second kappa shape index (κ2) is 5.12. The van der Waals surface area contributed by atoms with Crippen molar-refractivity contribution in [2.24, 2.45) is 0 Å². The third-order valence-electron chi connectivity index (χ3n) is 2.89. The molecule has 1 heterocycles. The summed E-state index contributed by atoms with van der Waals surface area (Å²) in [4.78, 5) is 4.49. The first kappa shape index (κ1) is 12.9. The normalized spacial score (nSPS) is 10.4. The number of nitriles is 1. The van der Waals surface area contributed by atoms with Crippen molar-refractivity contribution in [1.82, 2.24) is 4.98 Å². The molecule has 0 unspecified atom stereocenters. The van der Waals surface area contributed by atoms with Gasteiger partial charge in [0.05, 0.1) is 21.5 Å². The van der Waals surface area contributed by atoms with Gasteiger partial charge in [0.1, 0.15) is 6.07 Å². The highest BCUT2D eigenvalue weighted by molar-refractivity contribution is 7.22. The molecule has 0 saturated heterocycles. The van der Waals surface area contributed by atoms with E-state index in [2.05, 4.69) is 16.4 Å². The van der Waals surface area contributed by atoms with Gasteiger partial charge in [-0.2, -0.15) is 5.26 Å². The molecule has 0 aliphatic rings. The molecule has 3 rings (SSSR count). The lowest BCUT2D eigenvalue weighted by atomic mass is 10.1. The van der Waals surface area contributed by atoms with E-state index in [1.807, 2.05) is 43.3 Å². The van der Waals surface area contributed by atoms with Crippen LogP contribution in [0.3, 0.4) is 0 Å². The fourth-order valence-electron chi connectivity index (χ4n) is 1.93. The summed E-state index contributed by atoms with van der Waals surface area (Å²) < 4.78 is 1.02. The summed E-state index contributed by atoms with van der Waals surface area (Å²) in [5.74, 6) is 0. The number of nitrogens with one attached hydrogen (secondary N) is 1. The smallest absolute Gasteiger partial charge is 0.188 e. The first-order valence-electron chi connectivity index (χ1n) is 5.99. The molecule has 0 spiro atoms. The van der Waals surface area contributed by atoms with Gasteiger partial charge in [-0.3, -0.25) is 0 Å². The van der Waals surface area contributed by atoms with Crippen LogP contribution in [0.15, 0.2) is 36.4 Å². The quantitative estimate of drug-likeness (QED) is 0.734. The number of thiazole rings is 1. The zero-order chi connectivity index (χ0) is 14.1. The number of benzene rings is 2. The Morgan fingerprint density at radius 2 is 2.10 bits per heavy atom. The van der Waals surface area contributed by atoms with Gasteiger partial charge in [-0.15, -0.1) is 0 Å². The van der Waals surface area contributed by atoms with Gasteiger partial charge in [-0.05, 0) is 42.8 Å². The summed E-state index contributed by atoms with van der Waals surface area (Å²) in [5.41, 5.74) is 3.33. The number of nitrogens with zero attached hydrogens (tertiary/aromatic N) is 2. The van der Waals surface area contributed by atoms with Crippen LogP contribution in [0.4, 0.5) is 10.8 Å². The number of anilines is 2. The zero-order valence-corrected chi connectivity index (χ0v) is 12.2. The minimum atomic E-state index is 0.613. The molecule has 0 aliphatic carbocycles. The van der Waals surface area contributed by atoms with E-state index in [1.54, 1.807) is 0 Å². The molecule has 98 valence electrons. The number of hydrogen-bond donors (Lipinski definition) is 1. The molecule has 1 N–H and O–H groups in total. The molecule has 5 heteroatoms. The lowest BCUT2D eigenvalue weighted by Crippen LogP contribution is -1.93. The summed E-state index contributed by atoms with van der Waals surface area (Å²) in [6.45, 7) is 1.96. The molecule has 1 aromatic heterocycles.